The number of hydrogen-bond acceptors (Lipinski definition) is 28. The first-order valence-corrected chi connectivity index (χ1v) is 22.2. The van der Waals surface area contributed by atoms with Crippen LogP contribution in [-0.2, 0) is 116 Å². The van der Waals surface area contributed by atoms with Crippen LogP contribution >= 0.6 is 108 Å². The molecule has 8 unspecified atom stereocenters. The summed E-state index contributed by atoms with van der Waals surface area (Å²) in [6.45, 7) is 0. The summed E-state index contributed by atoms with van der Waals surface area (Å²) in [5.41, 5.74) is -12.5. The van der Waals surface area contributed by atoms with Gasteiger partial charge in [0.15, 0.2) is 30.4 Å². The molecule has 0 rings (SSSR count). The zero-order valence-corrected chi connectivity index (χ0v) is 36.9. The standard InChI is InChI=1S/4CH5ClO7P2.3Pt/c4*2-9-11(7,8)1(3)10(4,5)6;;;/h4*1,3H,(H,7,8)(H2,4,5,6);;;/q;;;;3*+4/p-12. The van der Waals surface area contributed by atoms with Crippen molar-refractivity contribution in [2.45, 2.75) is 22.3 Å². The summed E-state index contributed by atoms with van der Waals surface area (Å²) in [5, 5.41) is 33.0. The molecule has 43 heteroatoms. The molecule has 8 atom stereocenters. The van der Waals surface area contributed by atoms with Gasteiger partial charge in [0.1, 0.15) is 22.3 Å². The van der Waals surface area contributed by atoms with Gasteiger partial charge in [0.2, 0.25) is 0 Å². The van der Waals surface area contributed by atoms with Gasteiger partial charge in [0.25, 0.3) is 0 Å². The Balaban J connectivity index is -0.0000000889. The SMILES string of the molecule is O=P([O-])([O-])C(O)P(=O)([O-])OCl.O=P([O-])([O-])C(O)P(=O)([O-])OCl.O=P([O-])([O-])C(O)P(=O)([O-])OCl.O=P([O-])([O-])C(O)P(=O)([O-])OCl.[Pt+4].[Pt+4].[Pt+4]. The Bertz CT molecular complexity index is 1080. The van der Waals surface area contributed by atoms with Crippen molar-refractivity contribution in [3.8, 4) is 0 Å². The van der Waals surface area contributed by atoms with Crippen molar-refractivity contribution in [2.24, 2.45) is 0 Å². The Morgan fingerprint density at radius 3 is 0.447 bits per heavy atom. The topological polar surface area (TPSA) is 531 Å². The molecule has 0 saturated carbocycles. The van der Waals surface area contributed by atoms with Crippen LogP contribution in [0.5, 0.6) is 0 Å². The Morgan fingerprint density at radius 2 is 0.426 bits per heavy atom. The maximum Gasteiger partial charge on any atom is 4.00 e. The van der Waals surface area contributed by atoms with Crippen LogP contribution < -0.4 is 58.7 Å². The first kappa shape index (κ1) is 66.1. The second-order valence-electron chi connectivity index (χ2n) is 5.98. The molecule has 0 fully saturated rings. The largest absolute Gasteiger partial charge is 4.00 e. The van der Waals surface area contributed by atoms with Crippen LogP contribution in [0.25, 0.3) is 0 Å². The van der Waals surface area contributed by atoms with Gasteiger partial charge < -0.3 is 116 Å². The number of aliphatic hydroxyl groups excluding tert-OH is 4. The molecule has 0 saturated heterocycles. The molecule has 0 radical (unpaired) electrons. The van der Waals surface area contributed by atoms with E-state index in [1.54, 1.807) is 0 Å². The number of aliphatic hydroxyl groups is 4. The van der Waals surface area contributed by atoms with Crippen LogP contribution in [0, 0.1) is 0 Å². The van der Waals surface area contributed by atoms with Gasteiger partial charge in [-0.2, -0.15) is 0 Å². The van der Waals surface area contributed by atoms with Gasteiger partial charge in [-0.3, -0.25) is 0 Å². The zero-order chi connectivity index (χ0) is 37.1. The quantitative estimate of drug-likeness (QED) is 0.132. The van der Waals surface area contributed by atoms with Crippen LogP contribution in [0.15, 0.2) is 0 Å². The molecule has 0 bridgehead atoms. The van der Waals surface area contributed by atoms with E-state index < -0.39 is 83.1 Å². The third-order valence-electron chi connectivity index (χ3n) is 2.65. The first-order chi connectivity index (χ1) is 18.9. The van der Waals surface area contributed by atoms with Crippen molar-refractivity contribution >= 4 is 108 Å². The summed E-state index contributed by atoms with van der Waals surface area (Å²) in [7, 11) is -43.3. The van der Waals surface area contributed by atoms with Gasteiger partial charge in [-0.1, -0.05) is 0 Å². The molecule has 0 aromatic carbocycles. The van der Waals surface area contributed by atoms with Crippen molar-refractivity contribution in [3.05, 3.63) is 0 Å². The van der Waals surface area contributed by atoms with Crippen molar-refractivity contribution in [1.29, 1.82) is 0 Å². The van der Waals surface area contributed by atoms with E-state index in [2.05, 4.69) is 63.8 Å². The smallest absolute Gasteiger partial charge is 0.809 e. The zero-order valence-electron chi connectivity index (χ0n) is 19.9. The fourth-order valence-electron chi connectivity index (χ4n) is 0.835. The van der Waals surface area contributed by atoms with Crippen LogP contribution in [-0.4, -0.2) is 42.8 Å². The average molecular weight is 1480 g/mol. The Morgan fingerprint density at radius 1 is 0.340 bits per heavy atom. The van der Waals surface area contributed by atoms with Gasteiger partial charge in [-0.25, -0.2) is 16.3 Å². The third-order valence-corrected chi connectivity index (χ3v) is 17.0. The van der Waals surface area contributed by atoms with Crippen LogP contribution in [0.3, 0.4) is 0 Å². The second kappa shape index (κ2) is 26.2. The summed E-state index contributed by atoms with van der Waals surface area (Å²) in [6, 6.07) is 0. The fraction of sp³-hybridized carbons (Fsp3) is 1.00. The Kier molecular flexibility index (Phi) is 36.8. The van der Waals surface area contributed by atoms with Crippen LogP contribution in [0.4, 0.5) is 0 Å². The van der Waals surface area contributed by atoms with E-state index in [9.17, 15) is 95.2 Å². The van der Waals surface area contributed by atoms with E-state index in [1.807, 2.05) is 0 Å². The number of hydrogen-bond donors (Lipinski definition) is 4. The summed E-state index contributed by atoms with van der Waals surface area (Å²) in [6.07, 6.45) is 0. The molecule has 28 nitrogen and oxygen atoms in total. The normalized spacial score (nSPS) is 19.5. The molecule has 47 heavy (non-hydrogen) atoms. The fourth-order valence-corrected chi connectivity index (χ4v) is 8.80. The van der Waals surface area contributed by atoms with Gasteiger partial charge in [0, 0.05) is 0 Å². The molecular formula is C4H8Cl4O28P8Pt3. The molecule has 290 valence electrons. The maximum atomic E-state index is 10.2. The monoisotopic (exact) mass is 1480 g/mol. The molecule has 0 aromatic rings. The Labute approximate surface area is 323 Å². The van der Waals surface area contributed by atoms with Crippen LogP contribution in [0.2, 0.25) is 0 Å². The molecule has 0 heterocycles. The van der Waals surface area contributed by atoms with E-state index in [0.29, 0.717) is 0 Å². The van der Waals surface area contributed by atoms with Crippen molar-refractivity contribution < 1.29 is 195 Å². The second-order valence-corrected chi connectivity index (χ2v) is 22.4. The van der Waals surface area contributed by atoms with E-state index in [1.165, 1.54) is 0 Å². The van der Waals surface area contributed by atoms with E-state index >= 15 is 0 Å². The summed E-state index contributed by atoms with van der Waals surface area (Å²) < 4.78 is 92.5. The van der Waals surface area contributed by atoms with E-state index in [-0.39, 0.29) is 63.2 Å². The number of rotatable bonds is 12. The van der Waals surface area contributed by atoms with Crippen molar-refractivity contribution in [3.63, 3.8) is 0 Å². The molecule has 4 N–H and O–H groups in total. The molecule has 0 aliphatic heterocycles. The van der Waals surface area contributed by atoms with E-state index in [4.69, 9.17) is 20.4 Å². The number of halogens is 4. The third kappa shape index (κ3) is 28.4. The molecule has 0 aliphatic rings. The molecule has 0 amide bonds. The van der Waals surface area contributed by atoms with Gasteiger partial charge >= 0.3 is 63.2 Å². The van der Waals surface area contributed by atoms with Gasteiger partial charge in [-0.05, 0) is 30.4 Å². The average Bonchev–Trinajstić information content (AvgIpc) is 2.85. The minimum atomic E-state index is -5.62. The molecular weight excluding hydrogens is 1470 g/mol. The van der Waals surface area contributed by atoms with E-state index in [0.717, 1.165) is 0 Å². The summed E-state index contributed by atoms with van der Waals surface area (Å²) in [5.74, 6) is 0. The van der Waals surface area contributed by atoms with Gasteiger partial charge in [0.05, 0.1) is 47.5 Å². The predicted octanol–water partition coefficient (Wildman–Crippen LogP) is -8.41. The van der Waals surface area contributed by atoms with Crippen molar-refractivity contribution in [2.75, 3.05) is 0 Å². The molecule has 0 aliphatic carbocycles. The van der Waals surface area contributed by atoms with Crippen LogP contribution in [0.1, 0.15) is 0 Å². The summed E-state index contributed by atoms with van der Waals surface area (Å²) in [4.78, 5) is 120. The Hall–Kier alpha value is 4.26. The minimum Gasteiger partial charge on any atom is -0.809 e. The molecule has 0 aromatic heterocycles. The first-order valence-electron chi connectivity index (χ1n) is 8.10. The predicted molar refractivity (Wildman–Crippen MR) is 113 cm³/mol. The maximum absolute atomic E-state index is 10.2. The van der Waals surface area contributed by atoms with Gasteiger partial charge in [-0.15, -0.1) is 0 Å². The summed E-state index contributed by atoms with van der Waals surface area (Å²) >= 11 is 17.0. The minimum absolute atomic E-state index is 0. The molecule has 0 spiro atoms. The van der Waals surface area contributed by atoms with Crippen molar-refractivity contribution in [1.82, 2.24) is 0 Å².